The van der Waals surface area contributed by atoms with Crippen LogP contribution in [0.2, 0.25) is 0 Å². The summed E-state index contributed by atoms with van der Waals surface area (Å²) in [5.74, 6) is -0.889. The van der Waals surface area contributed by atoms with Crippen LogP contribution in [0.4, 0.5) is 5.69 Å². The molecule has 3 heteroatoms. The number of hydrogen-bond donors (Lipinski definition) is 2. The summed E-state index contributed by atoms with van der Waals surface area (Å²) in [6, 6.07) is 6.89. The van der Waals surface area contributed by atoms with Gasteiger partial charge in [0.15, 0.2) is 0 Å². The number of aromatic carboxylic acids is 1. The molecule has 0 saturated heterocycles. The molecular weight excluding hydrogens is 202 g/mol. The Morgan fingerprint density at radius 2 is 2.06 bits per heavy atom. The number of carboxylic acids is 1. The predicted molar refractivity (Wildman–Crippen MR) is 66.0 cm³/mol. The fourth-order valence-electron chi connectivity index (χ4n) is 1.34. The zero-order valence-electron chi connectivity index (χ0n) is 10.1. The third-order valence-electron chi connectivity index (χ3n) is 2.31. The van der Waals surface area contributed by atoms with Crippen LogP contribution < -0.4 is 5.32 Å². The van der Waals surface area contributed by atoms with Crippen LogP contribution in [0.3, 0.4) is 0 Å². The van der Waals surface area contributed by atoms with Crippen LogP contribution in [-0.2, 0) is 0 Å². The molecule has 0 atom stereocenters. The van der Waals surface area contributed by atoms with Gasteiger partial charge in [-0.05, 0) is 30.0 Å². The minimum absolute atomic E-state index is 0.289. The summed E-state index contributed by atoms with van der Waals surface area (Å²) in [5.41, 5.74) is 1.47. The van der Waals surface area contributed by atoms with Gasteiger partial charge in [0.25, 0.3) is 0 Å². The van der Waals surface area contributed by atoms with Crippen molar-refractivity contribution in [3.63, 3.8) is 0 Å². The van der Waals surface area contributed by atoms with Gasteiger partial charge in [-0.25, -0.2) is 4.79 Å². The van der Waals surface area contributed by atoms with Crippen LogP contribution in [0.15, 0.2) is 24.3 Å². The lowest BCUT2D eigenvalue weighted by Gasteiger charge is -2.18. The molecule has 0 fully saturated rings. The van der Waals surface area contributed by atoms with Gasteiger partial charge in [-0.3, -0.25) is 0 Å². The molecule has 0 spiro atoms. The molecule has 1 aromatic carbocycles. The van der Waals surface area contributed by atoms with Crippen molar-refractivity contribution in [2.75, 3.05) is 11.9 Å². The van der Waals surface area contributed by atoms with E-state index in [1.54, 1.807) is 18.2 Å². The van der Waals surface area contributed by atoms with E-state index in [9.17, 15) is 4.79 Å². The number of carboxylic acid groups (broad SMARTS) is 1. The number of rotatable bonds is 4. The Hall–Kier alpha value is -1.51. The molecule has 0 radical (unpaired) electrons. The summed E-state index contributed by atoms with van der Waals surface area (Å²) in [6.45, 7) is 7.40. The maximum absolute atomic E-state index is 10.8. The van der Waals surface area contributed by atoms with Crippen LogP contribution in [0, 0.1) is 5.41 Å². The Morgan fingerprint density at radius 1 is 1.38 bits per heavy atom. The molecule has 0 heterocycles. The van der Waals surface area contributed by atoms with Crippen molar-refractivity contribution >= 4 is 11.7 Å². The van der Waals surface area contributed by atoms with Gasteiger partial charge in [-0.2, -0.15) is 0 Å². The molecule has 0 aliphatic carbocycles. The second kappa shape index (κ2) is 5.01. The van der Waals surface area contributed by atoms with E-state index < -0.39 is 5.97 Å². The highest BCUT2D eigenvalue weighted by Crippen LogP contribution is 2.18. The van der Waals surface area contributed by atoms with Crippen molar-refractivity contribution in [3.8, 4) is 0 Å². The lowest BCUT2D eigenvalue weighted by Crippen LogP contribution is -2.13. The third kappa shape index (κ3) is 4.34. The minimum atomic E-state index is -0.889. The molecule has 0 aliphatic rings. The van der Waals surface area contributed by atoms with Crippen molar-refractivity contribution < 1.29 is 9.90 Å². The second-order valence-electron chi connectivity index (χ2n) is 5.12. The van der Waals surface area contributed by atoms with E-state index in [-0.39, 0.29) is 5.41 Å². The molecule has 0 unspecified atom stereocenters. The van der Waals surface area contributed by atoms with Crippen molar-refractivity contribution in [2.45, 2.75) is 27.2 Å². The SMILES string of the molecule is CC(C)(C)CCNc1cccc(C(=O)O)c1. The van der Waals surface area contributed by atoms with E-state index in [0.29, 0.717) is 5.56 Å². The second-order valence-corrected chi connectivity index (χ2v) is 5.12. The molecule has 2 N–H and O–H groups in total. The molecule has 1 aromatic rings. The molecule has 16 heavy (non-hydrogen) atoms. The number of benzene rings is 1. The van der Waals surface area contributed by atoms with E-state index in [4.69, 9.17) is 5.11 Å². The van der Waals surface area contributed by atoms with Gasteiger partial charge in [0.1, 0.15) is 0 Å². The van der Waals surface area contributed by atoms with E-state index in [1.807, 2.05) is 6.07 Å². The molecule has 88 valence electrons. The minimum Gasteiger partial charge on any atom is -0.478 e. The molecule has 3 nitrogen and oxygen atoms in total. The van der Waals surface area contributed by atoms with Crippen molar-refractivity contribution in [1.29, 1.82) is 0 Å². The number of nitrogens with one attached hydrogen (secondary N) is 1. The molecule has 0 aromatic heterocycles. The first-order valence-electron chi connectivity index (χ1n) is 5.46. The van der Waals surface area contributed by atoms with Gasteiger partial charge in [0.2, 0.25) is 0 Å². The topological polar surface area (TPSA) is 49.3 Å². The monoisotopic (exact) mass is 221 g/mol. The first-order chi connectivity index (χ1) is 7.38. The average molecular weight is 221 g/mol. The first-order valence-corrected chi connectivity index (χ1v) is 5.46. The largest absolute Gasteiger partial charge is 0.478 e. The summed E-state index contributed by atoms with van der Waals surface area (Å²) in [7, 11) is 0. The van der Waals surface area contributed by atoms with Gasteiger partial charge >= 0.3 is 5.97 Å². The third-order valence-corrected chi connectivity index (χ3v) is 2.31. The van der Waals surface area contributed by atoms with Crippen molar-refractivity contribution in [2.24, 2.45) is 5.41 Å². The molecular formula is C13H19NO2. The van der Waals surface area contributed by atoms with Crippen LogP contribution in [0.1, 0.15) is 37.6 Å². The van der Waals surface area contributed by atoms with Gasteiger partial charge < -0.3 is 10.4 Å². The quantitative estimate of drug-likeness (QED) is 0.820. The number of anilines is 1. The van der Waals surface area contributed by atoms with E-state index >= 15 is 0 Å². The van der Waals surface area contributed by atoms with E-state index in [1.165, 1.54) is 0 Å². The van der Waals surface area contributed by atoms with Crippen LogP contribution in [0.25, 0.3) is 0 Å². The number of hydrogen-bond acceptors (Lipinski definition) is 2. The Balaban J connectivity index is 2.55. The summed E-state index contributed by atoms with van der Waals surface area (Å²) < 4.78 is 0. The summed E-state index contributed by atoms with van der Waals surface area (Å²) in [6.07, 6.45) is 1.05. The molecule has 0 saturated carbocycles. The summed E-state index contributed by atoms with van der Waals surface area (Å²) >= 11 is 0. The predicted octanol–water partition coefficient (Wildman–Crippen LogP) is 3.23. The van der Waals surface area contributed by atoms with Gasteiger partial charge in [0.05, 0.1) is 5.56 Å². The molecule has 0 bridgehead atoms. The van der Waals surface area contributed by atoms with Gasteiger partial charge in [-0.1, -0.05) is 26.8 Å². The first kappa shape index (κ1) is 12.6. The normalized spacial score (nSPS) is 11.2. The summed E-state index contributed by atoms with van der Waals surface area (Å²) in [4.78, 5) is 10.8. The van der Waals surface area contributed by atoms with Crippen LogP contribution in [-0.4, -0.2) is 17.6 Å². The molecule has 1 rings (SSSR count). The Kier molecular flexibility index (Phi) is 3.93. The highest BCUT2D eigenvalue weighted by molar-refractivity contribution is 5.88. The Morgan fingerprint density at radius 3 is 2.62 bits per heavy atom. The number of carbonyl (C=O) groups is 1. The highest BCUT2D eigenvalue weighted by Gasteiger charge is 2.09. The zero-order valence-corrected chi connectivity index (χ0v) is 10.1. The molecule has 0 aliphatic heterocycles. The zero-order chi connectivity index (χ0) is 12.2. The average Bonchev–Trinajstić information content (AvgIpc) is 2.16. The lowest BCUT2D eigenvalue weighted by atomic mass is 9.92. The lowest BCUT2D eigenvalue weighted by molar-refractivity contribution is 0.0697. The van der Waals surface area contributed by atoms with E-state index in [2.05, 4.69) is 26.1 Å². The van der Waals surface area contributed by atoms with Crippen molar-refractivity contribution in [1.82, 2.24) is 0 Å². The standard InChI is InChI=1S/C13H19NO2/c1-13(2,3)7-8-14-11-6-4-5-10(9-11)12(15)16/h4-6,9,14H,7-8H2,1-3H3,(H,15,16). The maximum atomic E-state index is 10.8. The smallest absolute Gasteiger partial charge is 0.335 e. The van der Waals surface area contributed by atoms with Crippen LogP contribution in [0.5, 0.6) is 0 Å². The van der Waals surface area contributed by atoms with Gasteiger partial charge in [-0.15, -0.1) is 0 Å². The molecule has 0 amide bonds. The fourth-order valence-corrected chi connectivity index (χ4v) is 1.34. The highest BCUT2D eigenvalue weighted by atomic mass is 16.4. The van der Waals surface area contributed by atoms with Gasteiger partial charge in [0, 0.05) is 12.2 Å². The fraction of sp³-hybridized carbons (Fsp3) is 0.462. The Bertz CT molecular complexity index is 366. The van der Waals surface area contributed by atoms with Crippen molar-refractivity contribution in [3.05, 3.63) is 29.8 Å². The maximum Gasteiger partial charge on any atom is 0.335 e. The summed E-state index contributed by atoms with van der Waals surface area (Å²) in [5, 5.41) is 12.1. The Labute approximate surface area is 96.5 Å². The van der Waals surface area contributed by atoms with E-state index in [0.717, 1.165) is 18.7 Å². The van der Waals surface area contributed by atoms with Crippen LogP contribution >= 0.6 is 0 Å².